The van der Waals surface area contributed by atoms with E-state index in [1.165, 1.54) is 16.2 Å². The number of aromatic nitrogens is 5. The Morgan fingerprint density at radius 1 is 1.30 bits per heavy atom. The molecule has 0 aromatic carbocycles. The van der Waals surface area contributed by atoms with Gasteiger partial charge in [0.15, 0.2) is 15.9 Å². The molecular weight excluding hydrogens is 380 g/mol. The normalized spacial score (nSPS) is 12.9. The summed E-state index contributed by atoms with van der Waals surface area (Å²) in [6.07, 6.45) is 5.00. The van der Waals surface area contributed by atoms with Gasteiger partial charge in [-0.05, 0) is 6.42 Å². The zero-order valence-electron chi connectivity index (χ0n) is 16.3. The summed E-state index contributed by atoms with van der Waals surface area (Å²) in [6.45, 7) is 5.31. The SMILES string of the molecule is CCCCn1c(SCc2cc(=O)n3ccsc3n2)nnc1[C@@H](CC)[NH+](C)C. The second kappa shape index (κ2) is 8.99. The summed E-state index contributed by atoms with van der Waals surface area (Å²) in [7, 11) is 4.32. The summed E-state index contributed by atoms with van der Waals surface area (Å²) in [5.41, 5.74) is 0.747. The lowest BCUT2D eigenvalue weighted by molar-refractivity contribution is -0.893. The summed E-state index contributed by atoms with van der Waals surface area (Å²) < 4.78 is 3.83. The Hall–Kier alpha value is -1.71. The molecule has 3 heterocycles. The van der Waals surface area contributed by atoms with E-state index in [0.717, 1.165) is 47.4 Å². The summed E-state index contributed by atoms with van der Waals surface area (Å²) in [6, 6.07) is 1.94. The van der Waals surface area contributed by atoms with Gasteiger partial charge in [0.1, 0.15) is 6.04 Å². The lowest BCUT2D eigenvalue weighted by Gasteiger charge is -2.20. The molecule has 0 unspecified atom stereocenters. The van der Waals surface area contributed by atoms with Crippen LogP contribution in [0.4, 0.5) is 0 Å². The molecule has 0 saturated heterocycles. The van der Waals surface area contributed by atoms with Crippen LogP contribution in [0.2, 0.25) is 0 Å². The molecule has 3 aromatic rings. The fourth-order valence-electron chi connectivity index (χ4n) is 3.14. The Kier molecular flexibility index (Phi) is 6.67. The largest absolute Gasteiger partial charge is 0.331 e. The second-order valence-corrected chi connectivity index (χ2v) is 8.63. The predicted octanol–water partition coefficient (Wildman–Crippen LogP) is 2.04. The van der Waals surface area contributed by atoms with Crippen LogP contribution >= 0.6 is 23.1 Å². The summed E-state index contributed by atoms with van der Waals surface area (Å²) in [4.78, 5) is 18.8. The molecule has 0 amide bonds. The lowest BCUT2D eigenvalue weighted by atomic mass is 10.2. The quantitative estimate of drug-likeness (QED) is 0.550. The van der Waals surface area contributed by atoms with Gasteiger partial charge in [-0.1, -0.05) is 32.0 Å². The van der Waals surface area contributed by atoms with Gasteiger partial charge in [0.25, 0.3) is 5.56 Å². The standard InChI is InChI=1S/C18H26N6OS2/c1-5-7-8-24-16(14(6-2)22(3)4)20-21-18(24)27-12-13-11-15(25)23-9-10-26-17(23)19-13/h9-11,14H,5-8,12H2,1-4H3/p+1/t14-/m1/s1. The number of unbranched alkanes of at least 4 members (excludes halogenated alkanes) is 1. The second-order valence-electron chi connectivity index (χ2n) is 6.81. The number of thiazole rings is 1. The highest BCUT2D eigenvalue weighted by atomic mass is 32.2. The molecule has 0 aliphatic rings. The van der Waals surface area contributed by atoms with Gasteiger partial charge >= 0.3 is 0 Å². The number of thioether (sulfide) groups is 1. The molecule has 27 heavy (non-hydrogen) atoms. The van der Waals surface area contributed by atoms with Crippen molar-refractivity contribution in [3.05, 3.63) is 39.5 Å². The fraction of sp³-hybridized carbons (Fsp3) is 0.556. The van der Waals surface area contributed by atoms with E-state index in [2.05, 4.69) is 47.7 Å². The minimum Gasteiger partial charge on any atom is -0.331 e. The van der Waals surface area contributed by atoms with E-state index in [4.69, 9.17) is 0 Å². The molecule has 0 saturated carbocycles. The average Bonchev–Trinajstić information content (AvgIpc) is 3.26. The number of fused-ring (bicyclic) bond motifs is 1. The van der Waals surface area contributed by atoms with E-state index in [9.17, 15) is 4.79 Å². The van der Waals surface area contributed by atoms with Crippen LogP contribution < -0.4 is 10.5 Å². The van der Waals surface area contributed by atoms with Crippen molar-refractivity contribution in [3.8, 4) is 0 Å². The Labute approximate surface area is 167 Å². The molecule has 3 rings (SSSR count). The van der Waals surface area contributed by atoms with Crippen LogP contribution in [0.15, 0.2) is 27.6 Å². The smallest absolute Gasteiger partial charge is 0.258 e. The Morgan fingerprint density at radius 2 is 2.11 bits per heavy atom. The molecule has 0 radical (unpaired) electrons. The number of nitrogens with zero attached hydrogens (tertiary/aromatic N) is 5. The van der Waals surface area contributed by atoms with Crippen LogP contribution in [0.25, 0.3) is 4.96 Å². The van der Waals surface area contributed by atoms with Crippen molar-refractivity contribution in [2.24, 2.45) is 0 Å². The highest BCUT2D eigenvalue weighted by Gasteiger charge is 2.24. The van der Waals surface area contributed by atoms with E-state index in [-0.39, 0.29) is 5.56 Å². The van der Waals surface area contributed by atoms with E-state index < -0.39 is 0 Å². The number of hydrogen-bond donors (Lipinski definition) is 1. The maximum absolute atomic E-state index is 12.2. The van der Waals surface area contributed by atoms with Crippen LogP contribution in [0.1, 0.15) is 50.7 Å². The fourth-order valence-corrected chi connectivity index (χ4v) is 4.74. The number of hydrogen-bond acceptors (Lipinski definition) is 6. The van der Waals surface area contributed by atoms with Crippen molar-refractivity contribution < 1.29 is 4.90 Å². The maximum Gasteiger partial charge on any atom is 0.258 e. The monoisotopic (exact) mass is 407 g/mol. The van der Waals surface area contributed by atoms with Gasteiger partial charge in [-0.15, -0.1) is 21.5 Å². The number of rotatable bonds is 9. The summed E-state index contributed by atoms with van der Waals surface area (Å²) >= 11 is 3.08. The minimum absolute atomic E-state index is 0.0350. The third-order valence-electron chi connectivity index (χ3n) is 4.60. The molecule has 146 valence electrons. The first-order valence-electron chi connectivity index (χ1n) is 9.36. The van der Waals surface area contributed by atoms with Gasteiger partial charge in [-0.3, -0.25) is 9.20 Å². The molecule has 9 heteroatoms. The zero-order chi connectivity index (χ0) is 19.4. The maximum atomic E-state index is 12.2. The highest BCUT2D eigenvalue weighted by molar-refractivity contribution is 7.98. The zero-order valence-corrected chi connectivity index (χ0v) is 17.9. The average molecular weight is 408 g/mol. The molecule has 7 nitrogen and oxygen atoms in total. The molecule has 1 N–H and O–H groups in total. The summed E-state index contributed by atoms with van der Waals surface area (Å²) in [5.74, 6) is 1.66. The highest BCUT2D eigenvalue weighted by Crippen LogP contribution is 2.24. The Morgan fingerprint density at radius 3 is 2.81 bits per heavy atom. The number of nitrogens with one attached hydrogen (secondary N) is 1. The van der Waals surface area contributed by atoms with Gasteiger partial charge in [-0.2, -0.15) is 0 Å². The predicted molar refractivity (Wildman–Crippen MR) is 110 cm³/mol. The molecule has 1 atom stereocenters. The lowest BCUT2D eigenvalue weighted by Crippen LogP contribution is -3.06. The first-order valence-corrected chi connectivity index (χ1v) is 11.2. The Bertz CT molecular complexity index is 945. The van der Waals surface area contributed by atoms with Crippen LogP contribution in [0, 0.1) is 0 Å². The molecular formula is C18H27N6OS2+. The number of quaternary nitrogens is 1. The first kappa shape index (κ1) is 20.0. The van der Waals surface area contributed by atoms with Crippen LogP contribution in [0.5, 0.6) is 0 Å². The van der Waals surface area contributed by atoms with Crippen molar-refractivity contribution in [3.63, 3.8) is 0 Å². The molecule has 3 aromatic heterocycles. The van der Waals surface area contributed by atoms with Gasteiger partial charge in [-0.25, -0.2) is 4.98 Å². The van der Waals surface area contributed by atoms with Crippen molar-refractivity contribution in [2.45, 2.75) is 56.6 Å². The van der Waals surface area contributed by atoms with Crippen molar-refractivity contribution >= 4 is 28.1 Å². The van der Waals surface area contributed by atoms with Crippen molar-refractivity contribution in [1.29, 1.82) is 0 Å². The van der Waals surface area contributed by atoms with Gasteiger partial charge in [0.2, 0.25) is 0 Å². The third kappa shape index (κ3) is 4.41. The molecule has 0 aliphatic heterocycles. The van der Waals surface area contributed by atoms with Crippen LogP contribution in [-0.4, -0.2) is 38.2 Å². The summed E-state index contributed by atoms with van der Waals surface area (Å²) in [5, 5.41) is 11.8. The van der Waals surface area contributed by atoms with Gasteiger partial charge < -0.3 is 9.47 Å². The molecule has 0 spiro atoms. The molecule has 0 aliphatic carbocycles. The third-order valence-corrected chi connectivity index (χ3v) is 6.36. The first-order chi connectivity index (χ1) is 13.0. The van der Waals surface area contributed by atoms with Gasteiger partial charge in [0, 0.05) is 36.4 Å². The topological polar surface area (TPSA) is 69.5 Å². The van der Waals surface area contributed by atoms with E-state index >= 15 is 0 Å². The van der Waals surface area contributed by atoms with E-state index in [1.807, 2.05) is 5.38 Å². The molecule has 0 bridgehead atoms. The van der Waals surface area contributed by atoms with E-state index in [1.54, 1.807) is 28.4 Å². The van der Waals surface area contributed by atoms with Crippen LogP contribution in [0.3, 0.4) is 0 Å². The van der Waals surface area contributed by atoms with E-state index in [0.29, 0.717) is 11.8 Å². The molecule has 0 fully saturated rings. The Balaban J connectivity index is 1.84. The minimum atomic E-state index is -0.0350. The van der Waals surface area contributed by atoms with Crippen molar-refractivity contribution in [2.75, 3.05) is 14.1 Å². The van der Waals surface area contributed by atoms with Crippen molar-refractivity contribution in [1.82, 2.24) is 24.1 Å². The van der Waals surface area contributed by atoms with Crippen LogP contribution in [-0.2, 0) is 12.3 Å². The van der Waals surface area contributed by atoms with Gasteiger partial charge in [0.05, 0.1) is 19.8 Å².